The van der Waals surface area contributed by atoms with E-state index in [1.165, 1.54) is 12.1 Å². The molecule has 0 spiro atoms. The number of aromatic nitrogens is 2. The summed E-state index contributed by atoms with van der Waals surface area (Å²) in [6, 6.07) is 13.5. The molecule has 2 amide bonds. The van der Waals surface area contributed by atoms with Crippen molar-refractivity contribution in [1.82, 2.24) is 14.9 Å². The molecule has 0 radical (unpaired) electrons. The van der Waals surface area contributed by atoms with E-state index >= 15 is 0 Å². The highest BCUT2D eigenvalue weighted by Crippen LogP contribution is 2.28. The van der Waals surface area contributed by atoms with E-state index in [0.29, 0.717) is 49.0 Å². The molecule has 0 bridgehead atoms. The highest BCUT2D eigenvalue weighted by atomic mass is 19.1. The van der Waals surface area contributed by atoms with Gasteiger partial charge in [0.2, 0.25) is 0 Å². The lowest BCUT2D eigenvalue weighted by Gasteiger charge is -2.36. The molecule has 7 nitrogen and oxygen atoms in total. The molecule has 0 unspecified atom stereocenters. The van der Waals surface area contributed by atoms with Crippen molar-refractivity contribution in [3.63, 3.8) is 0 Å². The van der Waals surface area contributed by atoms with Gasteiger partial charge in [0.25, 0.3) is 0 Å². The molecule has 4 rings (SSSR count). The topological polar surface area (TPSA) is 70.6 Å². The zero-order chi connectivity index (χ0) is 23.4. The largest absolute Gasteiger partial charge is 0.495 e. The van der Waals surface area contributed by atoms with Crippen molar-refractivity contribution in [2.24, 2.45) is 0 Å². The molecular formula is C25H28FN5O2. The maximum absolute atomic E-state index is 13.8. The van der Waals surface area contributed by atoms with Gasteiger partial charge in [0, 0.05) is 43.0 Å². The number of ether oxygens (including phenoxy) is 1. The number of urea groups is 1. The number of methoxy groups -OCH3 is 1. The standard InChI is InChI=1S/C25H28FN5O2/c1-4-20-17(2)27-23(18-8-7-9-19(26)16-18)29-24(20)30-12-14-31(15-13-30)25(32)28-21-10-5-6-11-22(21)33-3/h5-11,16H,4,12-15H2,1-3H3,(H,28,32). The van der Waals surface area contributed by atoms with E-state index in [1.807, 2.05) is 37.3 Å². The molecule has 33 heavy (non-hydrogen) atoms. The maximum Gasteiger partial charge on any atom is 0.322 e. The molecule has 1 saturated heterocycles. The normalized spacial score (nSPS) is 13.7. The lowest BCUT2D eigenvalue weighted by Crippen LogP contribution is -2.50. The second-order valence-electron chi connectivity index (χ2n) is 7.90. The number of rotatable bonds is 5. The lowest BCUT2D eigenvalue weighted by atomic mass is 10.1. The maximum atomic E-state index is 13.8. The van der Waals surface area contributed by atoms with Crippen molar-refractivity contribution in [3.05, 3.63) is 65.6 Å². The van der Waals surface area contributed by atoms with Gasteiger partial charge < -0.3 is 19.9 Å². The van der Waals surface area contributed by atoms with Crippen molar-refractivity contribution < 1.29 is 13.9 Å². The first-order valence-corrected chi connectivity index (χ1v) is 11.1. The van der Waals surface area contributed by atoms with Crippen LogP contribution in [0, 0.1) is 12.7 Å². The van der Waals surface area contributed by atoms with Crippen LogP contribution in [0.1, 0.15) is 18.2 Å². The number of carbonyl (C=O) groups is 1. The summed E-state index contributed by atoms with van der Waals surface area (Å²) in [7, 11) is 1.58. The molecule has 1 aliphatic rings. The summed E-state index contributed by atoms with van der Waals surface area (Å²) in [5.74, 6) is 1.67. The number of aryl methyl sites for hydroxylation is 1. The number of anilines is 2. The molecule has 1 aliphatic heterocycles. The summed E-state index contributed by atoms with van der Waals surface area (Å²) < 4.78 is 19.1. The van der Waals surface area contributed by atoms with E-state index in [9.17, 15) is 9.18 Å². The van der Waals surface area contributed by atoms with Crippen molar-refractivity contribution in [1.29, 1.82) is 0 Å². The molecule has 3 aromatic rings. The van der Waals surface area contributed by atoms with Crippen LogP contribution in [-0.4, -0.2) is 54.2 Å². The van der Waals surface area contributed by atoms with Crippen LogP contribution < -0.4 is 15.0 Å². The Bertz CT molecular complexity index is 1150. The zero-order valence-corrected chi connectivity index (χ0v) is 19.1. The number of para-hydroxylation sites is 2. The fourth-order valence-electron chi connectivity index (χ4n) is 4.08. The van der Waals surface area contributed by atoms with Crippen LogP contribution in [0.25, 0.3) is 11.4 Å². The van der Waals surface area contributed by atoms with Gasteiger partial charge in [0.05, 0.1) is 12.8 Å². The van der Waals surface area contributed by atoms with Crippen LogP contribution in [0.4, 0.5) is 20.7 Å². The van der Waals surface area contributed by atoms with Gasteiger partial charge in [-0.15, -0.1) is 0 Å². The van der Waals surface area contributed by atoms with E-state index < -0.39 is 0 Å². The predicted octanol–water partition coefficient (Wildman–Crippen LogP) is 4.52. The van der Waals surface area contributed by atoms with Crippen LogP contribution in [0.15, 0.2) is 48.5 Å². The summed E-state index contributed by atoms with van der Waals surface area (Å²) in [5, 5.41) is 2.94. The molecular weight excluding hydrogens is 421 g/mol. The Morgan fingerprint density at radius 2 is 1.85 bits per heavy atom. The van der Waals surface area contributed by atoms with Crippen LogP contribution in [-0.2, 0) is 6.42 Å². The fraction of sp³-hybridized carbons (Fsp3) is 0.320. The van der Waals surface area contributed by atoms with Crippen molar-refractivity contribution in [2.45, 2.75) is 20.3 Å². The molecule has 8 heteroatoms. The molecule has 1 aromatic heterocycles. The number of nitrogens with one attached hydrogen (secondary N) is 1. The minimum absolute atomic E-state index is 0.158. The highest BCUT2D eigenvalue weighted by molar-refractivity contribution is 5.91. The van der Waals surface area contributed by atoms with E-state index in [2.05, 4.69) is 22.1 Å². The SMILES string of the molecule is CCc1c(C)nc(-c2cccc(F)c2)nc1N1CCN(C(=O)Nc2ccccc2OC)CC1. The molecule has 2 aromatic carbocycles. The number of piperazine rings is 1. The monoisotopic (exact) mass is 449 g/mol. The number of halogens is 1. The number of hydrogen-bond donors (Lipinski definition) is 1. The number of carbonyl (C=O) groups excluding carboxylic acids is 1. The van der Waals surface area contributed by atoms with Crippen LogP contribution >= 0.6 is 0 Å². The third kappa shape index (κ3) is 4.89. The van der Waals surface area contributed by atoms with Gasteiger partial charge in [-0.05, 0) is 37.6 Å². The summed E-state index contributed by atoms with van der Waals surface area (Å²) in [5.41, 5.74) is 3.25. The van der Waals surface area contributed by atoms with Gasteiger partial charge >= 0.3 is 6.03 Å². The Labute approximate surface area is 193 Å². The number of benzene rings is 2. The molecule has 0 saturated carbocycles. The van der Waals surface area contributed by atoms with E-state index in [-0.39, 0.29) is 11.8 Å². The molecule has 0 atom stereocenters. The summed E-state index contributed by atoms with van der Waals surface area (Å²) in [4.78, 5) is 26.2. The van der Waals surface area contributed by atoms with Gasteiger partial charge in [0.15, 0.2) is 5.82 Å². The Hall–Kier alpha value is -3.68. The Balaban J connectivity index is 1.50. The molecule has 1 fully saturated rings. The molecule has 2 heterocycles. The first-order chi connectivity index (χ1) is 16.0. The van der Waals surface area contributed by atoms with E-state index in [4.69, 9.17) is 9.72 Å². The minimum atomic E-state index is -0.315. The van der Waals surface area contributed by atoms with Crippen LogP contribution in [0.3, 0.4) is 0 Å². The van der Waals surface area contributed by atoms with Crippen molar-refractivity contribution in [3.8, 4) is 17.1 Å². The van der Waals surface area contributed by atoms with E-state index in [1.54, 1.807) is 18.1 Å². The Morgan fingerprint density at radius 3 is 2.55 bits per heavy atom. The third-order valence-corrected chi connectivity index (χ3v) is 5.84. The predicted molar refractivity (Wildman–Crippen MR) is 127 cm³/mol. The van der Waals surface area contributed by atoms with Gasteiger partial charge in [-0.25, -0.2) is 19.2 Å². The zero-order valence-electron chi connectivity index (χ0n) is 19.1. The average Bonchev–Trinajstić information content (AvgIpc) is 2.84. The highest BCUT2D eigenvalue weighted by Gasteiger charge is 2.25. The van der Waals surface area contributed by atoms with Crippen LogP contribution in [0.5, 0.6) is 5.75 Å². The Kier molecular flexibility index (Phi) is 6.72. The molecule has 172 valence electrons. The Morgan fingerprint density at radius 1 is 1.09 bits per heavy atom. The summed E-state index contributed by atoms with van der Waals surface area (Å²) >= 11 is 0. The van der Waals surface area contributed by atoms with Gasteiger partial charge in [-0.3, -0.25) is 0 Å². The summed E-state index contributed by atoms with van der Waals surface area (Å²) in [6.07, 6.45) is 0.791. The second kappa shape index (κ2) is 9.85. The smallest absolute Gasteiger partial charge is 0.322 e. The van der Waals surface area contributed by atoms with Gasteiger partial charge in [0.1, 0.15) is 17.4 Å². The fourth-order valence-corrected chi connectivity index (χ4v) is 4.08. The number of nitrogens with zero attached hydrogens (tertiary/aromatic N) is 4. The number of hydrogen-bond acceptors (Lipinski definition) is 5. The number of amides is 2. The minimum Gasteiger partial charge on any atom is -0.495 e. The first-order valence-electron chi connectivity index (χ1n) is 11.1. The third-order valence-electron chi connectivity index (χ3n) is 5.84. The van der Waals surface area contributed by atoms with E-state index in [0.717, 1.165) is 23.5 Å². The molecule has 0 aliphatic carbocycles. The van der Waals surface area contributed by atoms with Crippen LogP contribution in [0.2, 0.25) is 0 Å². The molecule has 1 N–H and O–H groups in total. The van der Waals surface area contributed by atoms with Crippen molar-refractivity contribution in [2.75, 3.05) is 43.5 Å². The quantitative estimate of drug-likeness (QED) is 0.620. The van der Waals surface area contributed by atoms with Gasteiger partial charge in [-0.2, -0.15) is 0 Å². The first kappa shape index (κ1) is 22.5. The van der Waals surface area contributed by atoms with Crippen molar-refractivity contribution >= 4 is 17.5 Å². The average molecular weight is 450 g/mol. The lowest BCUT2D eigenvalue weighted by molar-refractivity contribution is 0.208. The van der Waals surface area contributed by atoms with Gasteiger partial charge in [-0.1, -0.05) is 31.2 Å². The second-order valence-corrected chi connectivity index (χ2v) is 7.90. The summed E-state index contributed by atoms with van der Waals surface area (Å²) in [6.45, 7) is 6.44.